The molecule has 2 aromatic rings. The number of urea groups is 1. The fourth-order valence-electron chi connectivity index (χ4n) is 5.00. The van der Waals surface area contributed by atoms with Gasteiger partial charge in [0.15, 0.2) is 5.41 Å². The lowest BCUT2D eigenvalue weighted by molar-refractivity contribution is -0.152. The van der Waals surface area contributed by atoms with Crippen LogP contribution >= 0.6 is 0 Å². The lowest BCUT2D eigenvalue weighted by Crippen LogP contribution is -2.70. The number of carbonyl (C=O) groups excluding carboxylic acids is 3. The van der Waals surface area contributed by atoms with Gasteiger partial charge in [-0.1, -0.05) is 11.6 Å². The first kappa shape index (κ1) is 17.0. The molecule has 2 fully saturated rings. The van der Waals surface area contributed by atoms with Crippen molar-refractivity contribution in [2.75, 3.05) is 18.5 Å². The molecule has 2 unspecified atom stereocenters. The van der Waals surface area contributed by atoms with Gasteiger partial charge in [0.05, 0.1) is 17.3 Å². The molecule has 0 aliphatic carbocycles. The van der Waals surface area contributed by atoms with Crippen LogP contribution in [0, 0.1) is 12.3 Å². The van der Waals surface area contributed by atoms with E-state index in [4.69, 9.17) is 4.42 Å². The average Bonchev–Trinajstić information content (AvgIpc) is 3.15. The second kappa shape index (κ2) is 5.43. The maximum absolute atomic E-state index is 13.2. The Kier molecular flexibility index (Phi) is 3.29. The Morgan fingerprint density at radius 1 is 1.21 bits per heavy atom. The summed E-state index contributed by atoms with van der Waals surface area (Å²) >= 11 is 0. The Labute approximate surface area is 160 Å². The van der Waals surface area contributed by atoms with Crippen molar-refractivity contribution in [1.82, 2.24) is 10.2 Å². The van der Waals surface area contributed by atoms with Crippen LogP contribution in [0.15, 0.2) is 27.4 Å². The average molecular weight is 381 g/mol. The molecule has 0 bridgehead atoms. The molecular weight excluding hydrogens is 362 g/mol. The molecule has 0 radical (unpaired) electrons. The van der Waals surface area contributed by atoms with Crippen molar-refractivity contribution in [3.8, 4) is 0 Å². The van der Waals surface area contributed by atoms with Crippen molar-refractivity contribution in [2.24, 2.45) is 5.41 Å². The van der Waals surface area contributed by atoms with Crippen molar-refractivity contribution < 1.29 is 18.8 Å². The summed E-state index contributed by atoms with van der Waals surface area (Å²) in [5, 5.41) is 3.11. The van der Waals surface area contributed by atoms with E-state index < -0.39 is 34.9 Å². The van der Waals surface area contributed by atoms with E-state index in [0.717, 1.165) is 28.0 Å². The van der Waals surface area contributed by atoms with Gasteiger partial charge in [0.2, 0.25) is 11.8 Å². The Hall–Kier alpha value is -3.16. The van der Waals surface area contributed by atoms with Gasteiger partial charge < -0.3 is 9.32 Å². The van der Waals surface area contributed by atoms with Gasteiger partial charge in [-0.2, -0.15) is 0 Å². The molecule has 2 atom stereocenters. The Balaban J connectivity index is 1.81. The van der Waals surface area contributed by atoms with Crippen molar-refractivity contribution in [2.45, 2.75) is 32.2 Å². The zero-order valence-electron chi connectivity index (χ0n) is 15.6. The maximum Gasteiger partial charge on any atom is 0.341 e. The minimum absolute atomic E-state index is 0.0714. The summed E-state index contributed by atoms with van der Waals surface area (Å²) in [5.74, 6) is -1.19. The summed E-state index contributed by atoms with van der Waals surface area (Å²) in [6, 6.07) is 4.46. The predicted octanol–water partition coefficient (Wildman–Crippen LogP) is 1.32. The van der Waals surface area contributed by atoms with Crippen molar-refractivity contribution >= 4 is 34.5 Å². The van der Waals surface area contributed by atoms with Crippen LogP contribution in [0.3, 0.4) is 0 Å². The summed E-state index contributed by atoms with van der Waals surface area (Å²) in [5.41, 5.74) is 0.541. The molecule has 4 amide bonds. The number of imide groups is 2. The quantitative estimate of drug-likeness (QED) is 0.546. The fraction of sp³-hybridized carbons (Fsp3) is 0.400. The number of benzene rings is 1. The van der Waals surface area contributed by atoms with Gasteiger partial charge in [0.1, 0.15) is 5.58 Å². The van der Waals surface area contributed by atoms with E-state index in [1.807, 2.05) is 24.0 Å². The Morgan fingerprint density at radius 2 is 2.00 bits per heavy atom. The van der Waals surface area contributed by atoms with Crippen LogP contribution in [0.1, 0.15) is 24.0 Å². The van der Waals surface area contributed by atoms with Crippen LogP contribution in [-0.4, -0.2) is 42.4 Å². The molecule has 1 spiro atoms. The lowest BCUT2D eigenvalue weighted by atomic mass is 9.68. The third-order valence-corrected chi connectivity index (χ3v) is 6.31. The standard InChI is InChI=1S/C20H19N3O5/c1-10-5-6-13-11(8-10)15-12(16(24)28-13)9-20(14-4-3-7-23(14)15)17(25)21-19(27)22(2)18(20)26/h5-6,8,14H,3-4,7,9H2,1-2H3,(H,21,25,27). The number of nitrogens with zero attached hydrogens (tertiary/aromatic N) is 2. The monoisotopic (exact) mass is 381 g/mol. The summed E-state index contributed by atoms with van der Waals surface area (Å²) in [4.78, 5) is 53.9. The second-order valence-corrected chi connectivity index (χ2v) is 7.84. The van der Waals surface area contributed by atoms with E-state index in [1.165, 1.54) is 7.05 Å². The number of hydrogen-bond acceptors (Lipinski definition) is 6. The first-order valence-electron chi connectivity index (χ1n) is 9.31. The highest BCUT2D eigenvalue weighted by atomic mass is 16.4. The topological polar surface area (TPSA) is 99.9 Å². The minimum Gasteiger partial charge on any atom is -0.422 e. The number of amides is 4. The van der Waals surface area contributed by atoms with E-state index in [0.29, 0.717) is 24.1 Å². The fourth-order valence-corrected chi connectivity index (χ4v) is 5.00. The summed E-state index contributed by atoms with van der Waals surface area (Å²) < 4.78 is 5.51. The van der Waals surface area contributed by atoms with Crippen LogP contribution in [0.5, 0.6) is 0 Å². The van der Waals surface area contributed by atoms with Crippen LogP contribution < -0.4 is 15.8 Å². The number of anilines is 1. The SMILES string of the molecule is Cc1ccc2oc(=O)c3c(c2c1)N1CCCC1C1(C3)C(=O)NC(=O)N(C)C1=O. The highest BCUT2D eigenvalue weighted by molar-refractivity contribution is 6.20. The van der Waals surface area contributed by atoms with Crippen LogP contribution in [0.2, 0.25) is 0 Å². The van der Waals surface area contributed by atoms with Crippen molar-refractivity contribution in [1.29, 1.82) is 0 Å². The summed E-state index contributed by atoms with van der Waals surface area (Å²) in [6.07, 6.45) is 1.35. The van der Waals surface area contributed by atoms with Crippen LogP contribution in [0.25, 0.3) is 11.0 Å². The van der Waals surface area contributed by atoms with Gasteiger partial charge in [-0.25, -0.2) is 9.59 Å². The smallest absolute Gasteiger partial charge is 0.341 e. The van der Waals surface area contributed by atoms with E-state index >= 15 is 0 Å². The second-order valence-electron chi connectivity index (χ2n) is 7.84. The van der Waals surface area contributed by atoms with Crippen molar-refractivity contribution in [3.63, 3.8) is 0 Å². The molecular formula is C20H19N3O5. The number of barbiturate groups is 1. The van der Waals surface area contributed by atoms with Gasteiger partial charge >= 0.3 is 11.7 Å². The Bertz CT molecular complexity index is 1140. The molecule has 28 heavy (non-hydrogen) atoms. The zero-order chi connectivity index (χ0) is 19.8. The molecule has 2 saturated heterocycles. The zero-order valence-corrected chi connectivity index (χ0v) is 15.6. The van der Waals surface area contributed by atoms with E-state index in [2.05, 4.69) is 5.32 Å². The third-order valence-electron chi connectivity index (χ3n) is 6.31. The van der Waals surface area contributed by atoms with Gasteiger partial charge in [0.25, 0.3) is 0 Å². The van der Waals surface area contributed by atoms with Gasteiger partial charge in [-0.3, -0.25) is 19.8 Å². The first-order valence-corrected chi connectivity index (χ1v) is 9.31. The molecule has 0 saturated carbocycles. The maximum atomic E-state index is 13.2. The van der Waals surface area contributed by atoms with Gasteiger partial charge in [0, 0.05) is 25.4 Å². The summed E-state index contributed by atoms with van der Waals surface area (Å²) in [7, 11) is 1.35. The molecule has 4 heterocycles. The largest absolute Gasteiger partial charge is 0.422 e. The molecule has 8 heteroatoms. The molecule has 144 valence electrons. The van der Waals surface area contributed by atoms with Crippen LogP contribution in [-0.2, 0) is 16.0 Å². The van der Waals surface area contributed by atoms with Crippen LogP contribution in [0.4, 0.5) is 10.5 Å². The normalized spacial score (nSPS) is 26.6. The Morgan fingerprint density at radius 3 is 2.79 bits per heavy atom. The van der Waals surface area contributed by atoms with E-state index in [9.17, 15) is 19.2 Å². The van der Waals surface area contributed by atoms with Crippen molar-refractivity contribution in [3.05, 3.63) is 39.7 Å². The number of rotatable bonds is 0. The van der Waals surface area contributed by atoms with E-state index in [1.54, 1.807) is 6.07 Å². The minimum atomic E-state index is -1.50. The number of carbonyl (C=O) groups is 3. The number of fused-ring (bicyclic) bond motifs is 6. The third kappa shape index (κ3) is 1.95. The molecule has 3 aliphatic heterocycles. The molecule has 1 aromatic heterocycles. The number of aryl methyl sites for hydroxylation is 1. The molecule has 1 aromatic carbocycles. The number of hydrogen-bond donors (Lipinski definition) is 1. The first-order chi connectivity index (χ1) is 13.3. The molecule has 5 rings (SSSR count). The van der Waals surface area contributed by atoms with E-state index in [-0.39, 0.29) is 6.42 Å². The molecule has 1 N–H and O–H groups in total. The summed E-state index contributed by atoms with van der Waals surface area (Å²) in [6.45, 7) is 2.59. The van der Waals surface area contributed by atoms with Gasteiger partial charge in [-0.15, -0.1) is 0 Å². The molecule has 8 nitrogen and oxygen atoms in total. The highest BCUT2D eigenvalue weighted by Crippen LogP contribution is 2.49. The van der Waals surface area contributed by atoms with Gasteiger partial charge in [-0.05, 0) is 31.9 Å². The highest BCUT2D eigenvalue weighted by Gasteiger charge is 2.63. The lowest BCUT2D eigenvalue weighted by Gasteiger charge is -2.48. The molecule has 3 aliphatic rings. The number of nitrogens with one attached hydrogen (secondary N) is 1. The predicted molar refractivity (Wildman–Crippen MR) is 100 cm³/mol.